The average molecular weight is 219 g/mol. The molecule has 1 aromatic rings. The van der Waals surface area contributed by atoms with Gasteiger partial charge in [0.1, 0.15) is 0 Å². The maximum absolute atomic E-state index is 11.5. The number of rotatable bonds is 0. The maximum Gasteiger partial charge on any atom is 0.270 e. The molecule has 80 valence electrons. The highest BCUT2D eigenvalue weighted by atomic mass is 16.1. The van der Waals surface area contributed by atoms with Gasteiger partial charge in [-0.25, -0.2) is 4.99 Å². The van der Waals surface area contributed by atoms with Gasteiger partial charge in [-0.1, -0.05) is 36.4 Å². The first-order chi connectivity index (χ1) is 8.33. The van der Waals surface area contributed by atoms with Crippen LogP contribution in [0, 0.1) is 0 Å². The number of amides is 1. The molecule has 2 aliphatic carbocycles. The van der Waals surface area contributed by atoms with Gasteiger partial charge < -0.3 is 0 Å². The molecule has 0 spiro atoms. The third kappa shape index (κ3) is 1.10. The Morgan fingerprint density at radius 3 is 3.06 bits per heavy atom. The fourth-order valence-corrected chi connectivity index (χ4v) is 2.76. The van der Waals surface area contributed by atoms with Crippen LogP contribution in [0.4, 0.5) is 0 Å². The van der Waals surface area contributed by atoms with Gasteiger partial charge in [0.2, 0.25) is 0 Å². The summed E-state index contributed by atoms with van der Waals surface area (Å²) in [6.45, 7) is 0. The molecule has 1 heterocycles. The SMILES string of the molecule is O=C1C=C2C=CC3C=CC=c4ccc(c2c43)=N1. The first kappa shape index (κ1) is 8.88. The van der Waals surface area contributed by atoms with E-state index >= 15 is 0 Å². The zero-order valence-corrected chi connectivity index (χ0v) is 9.05. The first-order valence-corrected chi connectivity index (χ1v) is 5.67. The van der Waals surface area contributed by atoms with E-state index in [1.165, 1.54) is 10.8 Å². The smallest absolute Gasteiger partial charge is 0.267 e. The zero-order valence-electron chi connectivity index (χ0n) is 9.05. The number of hydrogen-bond donors (Lipinski definition) is 0. The quantitative estimate of drug-likeness (QED) is 0.645. The van der Waals surface area contributed by atoms with E-state index in [1.54, 1.807) is 6.08 Å². The van der Waals surface area contributed by atoms with E-state index in [0.29, 0.717) is 5.92 Å². The number of carbonyl (C=O) groups is 1. The fourth-order valence-electron chi connectivity index (χ4n) is 2.76. The maximum atomic E-state index is 11.5. The van der Waals surface area contributed by atoms with Gasteiger partial charge >= 0.3 is 0 Å². The summed E-state index contributed by atoms with van der Waals surface area (Å²) < 4.78 is 0. The Bertz CT molecular complexity index is 763. The molecule has 1 aliphatic heterocycles. The largest absolute Gasteiger partial charge is 0.270 e. The minimum atomic E-state index is -0.161. The summed E-state index contributed by atoms with van der Waals surface area (Å²) in [5.74, 6) is 0.163. The van der Waals surface area contributed by atoms with Crippen molar-refractivity contribution in [1.82, 2.24) is 0 Å². The minimum Gasteiger partial charge on any atom is -0.267 e. The highest BCUT2D eigenvalue weighted by Gasteiger charge is 2.23. The summed E-state index contributed by atoms with van der Waals surface area (Å²) >= 11 is 0. The summed E-state index contributed by atoms with van der Waals surface area (Å²) in [7, 11) is 0. The van der Waals surface area contributed by atoms with Gasteiger partial charge in [-0.15, -0.1) is 0 Å². The molecule has 0 bridgehead atoms. The van der Waals surface area contributed by atoms with Crippen LogP contribution in [0.15, 0.2) is 47.5 Å². The second-order valence-corrected chi connectivity index (χ2v) is 4.45. The predicted molar refractivity (Wildman–Crippen MR) is 65.7 cm³/mol. The lowest BCUT2D eigenvalue weighted by molar-refractivity contribution is -0.113. The summed E-state index contributed by atoms with van der Waals surface area (Å²) in [5.41, 5.74) is 3.42. The molecule has 3 aliphatic rings. The second kappa shape index (κ2) is 2.92. The zero-order chi connectivity index (χ0) is 11.4. The van der Waals surface area contributed by atoms with Gasteiger partial charge in [-0.2, -0.15) is 0 Å². The molecular formula is C15H9NO. The Hall–Kier alpha value is -2.22. The van der Waals surface area contributed by atoms with Gasteiger partial charge in [-0.05, 0) is 22.4 Å². The Balaban J connectivity index is 2.24. The Morgan fingerprint density at radius 1 is 1.18 bits per heavy atom. The molecule has 1 atom stereocenters. The van der Waals surface area contributed by atoms with Gasteiger partial charge in [0, 0.05) is 17.6 Å². The Labute approximate surface area is 98.0 Å². The van der Waals surface area contributed by atoms with Crippen molar-refractivity contribution in [1.29, 1.82) is 0 Å². The van der Waals surface area contributed by atoms with Crippen molar-refractivity contribution >= 4 is 17.6 Å². The Kier molecular flexibility index (Phi) is 1.52. The monoisotopic (exact) mass is 219 g/mol. The first-order valence-electron chi connectivity index (χ1n) is 5.67. The number of hydrogen-bond acceptors (Lipinski definition) is 1. The van der Waals surface area contributed by atoms with E-state index in [2.05, 4.69) is 29.3 Å². The van der Waals surface area contributed by atoms with Crippen LogP contribution >= 0.6 is 0 Å². The van der Waals surface area contributed by atoms with Crippen LogP contribution in [0.2, 0.25) is 0 Å². The molecular weight excluding hydrogens is 210 g/mol. The number of benzene rings is 1. The van der Waals surface area contributed by atoms with E-state index in [1.807, 2.05) is 18.2 Å². The minimum absolute atomic E-state index is 0.161. The lowest BCUT2D eigenvalue weighted by Gasteiger charge is -2.24. The highest BCUT2D eigenvalue weighted by molar-refractivity contribution is 6.01. The summed E-state index contributed by atoms with van der Waals surface area (Å²) in [5, 5.41) is 2.04. The van der Waals surface area contributed by atoms with Crippen molar-refractivity contribution in [3.63, 3.8) is 0 Å². The molecule has 4 rings (SSSR count). The standard InChI is InChI=1S/C15H9NO/c17-13-8-11-5-4-9-2-1-3-10-6-7-12(16-13)15(11)14(9)10/h1-9H. The molecule has 2 nitrogen and oxygen atoms in total. The van der Waals surface area contributed by atoms with Gasteiger partial charge in [-0.3, -0.25) is 4.79 Å². The lowest BCUT2D eigenvalue weighted by Crippen LogP contribution is -2.28. The molecule has 0 fully saturated rings. The third-order valence-corrected chi connectivity index (χ3v) is 3.47. The van der Waals surface area contributed by atoms with E-state index in [4.69, 9.17) is 0 Å². The van der Waals surface area contributed by atoms with Crippen LogP contribution in [0.3, 0.4) is 0 Å². The van der Waals surface area contributed by atoms with Crippen molar-refractivity contribution in [3.05, 3.63) is 64.2 Å². The molecule has 0 radical (unpaired) electrons. The topological polar surface area (TPSA) is 29.4 Å². The van der Waals surface area contributed by atoms with Crippen LogP contribution in [0.25, 0.3) is 11.6 Å². The van der Waals surface area contributed by atoms with Gasteiger partial charge in [0.15, 0.2) is 0 Å². The molecule has 0 saturated carbocycles. The van der Waals surface area contributed by atoms with E-state index in [-0.39, 0.29) is 5.91 Å². The molecule has 0 N–H and O–H groups in total. The van der Waals surface area contributed by atoms with Crippen LogP contribution in [0.1, 0.15) is 17.0 Å². The summed E-state index contributed by atoms with van der Waals surface area (Å²) in [4.78, 5) is 15.6. The van der Waals surface area contributed by atoms with Crippen molar-refractivity contribution in [3.8, 4) is 0 Å². The second-order valence-electron chi connectivity index (χ2n) is 4.45. The number of nitrogens with zero attached hydrogens (tertiary/aromatic N) is 1. The predicted octanol–water partition coefficient (Wildman–Crippen LogP) is 1.23. The molecule has 0 aromatic heterocycles. The van der Waals surface area contributed by atoms with Crippen molar-refractivity contribution < 1.29 is 4.79 Å². The van der Waals surface area contributed by atoms with E-state index in [0.717, 1.165) is 16.5 Å². The molecule has 1 aromatic carbocycles. The van der Waals surface area contributed by atoms with Crippen LogP contribution < -0.4 is 10.6 Å². The number of carbonyl (C=O) groups excluding carboxylic acids is 1. The van der Waals surface area contributed by atoms with Gasteiger partial charge in [0.05, 0.1) is 5.36 Å². The molecule has 17 heavy (non-hydrogen) atoms. The van der Waals surface area contributed by atoms with Crippen molar-refractivity contribution in [2.75, 3.05) is 0 Å². The number of allylic oxidation sites excluding steroid dienone is 5. The van der Waals surface area contributed by atoms with E-state index < -0.39 is 0 Å². The molecule has 1 unspecified atom stereocenters. The normalized spacial score (nSPS) is 22.5. The van der Waals surface area contributed by atoms with Gasteiger partial charge in [0.25, 0.3) is 5.91 Å². The average Bonchev–Trinajstić information content (AvgIpc) is 2.35. The van der Waals surface area contributed by atoms with Crippen molar-refractivity contribution in [2.45, 2.75) is 5.92 Å². The Morgan fingerprint density at radius 2 is 2.12 bits per heavy atom. The third-order valence-electron chi connectivity index (χ3n) is 3.47. The highest BCUT2D eigenvalue weighted by Crippen LogP contribution is 2.32. The van der Waals surface area contributed by atoms with E-state index in [9.17, 15) is 4.79 Å². The molecule has 0 saturated heterocycles. The van der Waals surface area contributed by atoms with Crippen LogP contribution in [0.5, 0.6) is 0 Å². The summed E-state index contributed by atoms with van der Waals surface area (Å²) in [6, 6.07) is 3.98. The molecule has 2 heteroatoms. The lowest BCUT2D eigenvalue weighted by atomic mass is 9.80. The molecule has 1 amide bonds. The summed E-state index contributed by atoms with van der Waals surface area (Å²) in [6.07, 6.45) is 12.2. The van der Waals surface area contributed by atoms with Crippen LogP contribution in [-0.4, -0.2) is 5.91 Å². The fraction of sp³-hybridized carbons (Fsp3) is 0.0667. The van der Waals surface area contributed by atoms with Crippen molar-refractivity contribution in [2.24, 2.45) is 4.99 Å². The van der Waals surface area contributed by atoms with Crippen LogP contribution in [-0.2, 0) is 4.79 Å².